The first-order valence-electron chi connectivity index (χ1n) is 24.4. The molecule has 0 aromatic heterocycles. The van der Waals surface area contributed by atoms with Crippen molar-refractivity contribution in [3.8, 4) is 0 Å². The molecule has 8 amide bonds. The highest BCUT2D eigenvalue weighted by Gasteiger charge is 2.38. The molecule has 0 saturated heterocycles. The van der Waals surface area contributed by atoms with Crippen LogP contribution in [0.5, 0.6) is 0 Å². The Balaban J connectivity index is 0.780. The van der Waals surface area contributed by atoms with Crippen LogP contribution in [0.25, 0.3) is 32.3 Å². The second-order valence-corrected chi connectivity index (χ2v) is 18.4. The van der Waals surface area contributed by atoms with E-state index < -0.39 is 67.7 Å². The van der Waals surface area contributed by atoms with E-state index in [1.54, 1.807) is 36.4 Å². The second-order valence-electron chi connectivity index (χ2n) is 18.4. The van der Waals surface area contributed by atoms with Crippen molar-refractivity contribution >= 4 is 102 Å². The summed E-state index contributed by atoms with van der Waals surface area (Å²) in [6.45, 7) is 0.896. The molecule has 78 heavy (non-hydrogen) atoms. The minimum atomic E-state index is -0.933. The van der Waals surface area contributed by atoms with Gasteiger partial charge in [-0.2, -0.15) is 0 Å². The van der Waals surface area contributed by atoms with Crippen LogP contribution in [0.1, 0.15) is 95.7 Å². The number of benzene rings is 7. The SMILES string of the molecule is O=C(NCCCNCCN1C(=O)c2cccc3cc([N+](=O)[O-])cc(c23)C1=O)c1cc(C(=O)NCCNCCCN2C(=O)c3cccc4cc([N+](=O)[O-])cc(c34)C2=O)cc(N2C(=O)c3cccc4cc([N+](=O)[O-])cc(c34)C2=O)c1. The molecule has 4 N–H and O–H groups in total. The summed E-state index contributed by atoms with van der Waals surface area (Å²) in [5.41, 5.74) is -0.913. The van der Waals surface area contributed by atoms with Gasteiger partial charge in [0, 0.05) is 120 Å². The van der Waals surface area contributed by atoms with Gasteiger partial charge < -0.3 is 21.3 Å². The van der Waals surface area contributed by atoms with Gasteiger partial charge in [-0.05, 0) is 78.5 Å². The van der Waals surface area contributed by atoms with E-state index in [-0.39, 0.29) is 131 Å². The van der Waals surface area contributed by atoms with Crippen molar-refractivity contribution in [1.29, 1.82) is 0 Å². The molecular formula is C54H42N10O14. The van der Waals surface area contributed by atoms with Crippen LogP contribution in [0.4, 0.5) is 22.7 Å². The van der Waals surface area contributed by atoms with Crippen molar-refractivity contribution in [1.82, 2.24) is 31.1 Å². The third-order valence-corrected chi connectivity index (χ3v) is 13.6. The zero-order chi connectivity index (χ0) is 55.1. The highest BCUT2D eigenvalue weighted by molar-refractivity contribution is 6.36. The molecule has 24 nitrogen and oxygen atoms in total. The van der Waals surface area contributed by atoms with Crippen LogP contribution in [0, 0.1) is 30.3 Å². The number of non-ortho nitro benzene ring substituents is 3. The quantitative estimate of drug-likeness (QED) is 0.0309. The summed E-state index contributed by atoms with van der Waals surface area (Å²) in [4.78, 5) is 146. The molecule has 392 valence electrons. The van der Waals surface area contributed by atoms with Gasteiger partial charge in [0.05, 0.1) is 37.1 Å². The number of nitrogens with zero attached hydrogens (tertiary/aromatic N) is 6. The third-order valence-electron chi connectivity index (χ3n) is 13.6. The molecule has 7 aromatic carbocycles. The van der Waals surface area contributed by atoms with Crippen LogP contribution < -0.4 is 26.2 Å². The molecule has 0 saturated carbocycles. The largest absolute Gasteiger partial charge is 0.352 e. The van der Waals surface area contributed by atoms with E-state index in [1.807, 2.05) is 0 Å². The maximum atomic E-state index is 14.2. The van der Waals surface area contributed by atoms with Gasteiger partial charge in [0.1, 0.15) is 0 Å². The molecule has 3 aliphatic heterocycles. The Labute approximate surface area is 439 Å². The Hall–Kier alpha value is -10.2. The van der Waals surface area contributed by atoms with Crippen LogP contribution in [0.15, 0.2) is 109 Å². The van der Waals surface area contributed by atoms with Gasteiger partial charge in [-0.1, -0.05) is 36.4 Å². The Bertz CT molecular complexity index is 3680. The molecule has 0 fully saturated rings. The fourth-order valence-corrected chi connectivity index (χ4v) is 10.0. The van der Waals surface area contributed by atoms with Gasteiger partial charge in [0.25, 0.3) is 64.3 Å². The van der Waals surface area contributed by atoms with Crippen molar-refractivity contribution in [2.75, 3.05) is 57.3 Å². The molecule has 7 aromatic rings. The third kappa shape index (κ3) is 9.36. The maximum absolute atomic E-state index is 14.2. The van der Waals surface area contributed by atoms with Crippen molar-refractivity contribution in [3.63, 3.8) is 0 Å². The zero-order valence-electron chi connectivity index (χ0n) is 40.9. The lowest BCUT2D eigenvalue weighted by Crippen LogP contribution is -2.44. The van der Waals surface area contributed by atoms with Gasteiger partial charge in [0.15, 0.2) is 0 Å². The number of amides is 8. The number of hydrogen-bond acceptors (Lipinski definition) is 16. The first-order chi connectivity index (χ1) is 37.5. The normalized spacial score (nSPS) is 13.7. The predicted octanol–water partition coefficient (Wildman–Crippen LogP) is 5.68. The maximum Gasteiger partial charge on any atom is 0.270 e. The smallest absolute Gasteiger partial charge is 0.270 e. The zero-order valence-corrected chi connectivity index (χ0v) is 40.9. The number of rotatable bonds is 20. The van der Waals surface area contributed by atoms with E-state index in [9.17, 15) is 68.7 Å². The Morgan fingerprint density at radius 2 is 0.808 bits per heavy atom. The number of nitro groups is 3. The average molecular weight is 1050 g/mol. The lowest BCUT2D eigenvalue weighted by atomic mass is 9.92. The molecule has 0 radical (unpaired) electrons. The summed E-state index contributed by atoms with van der Waals surface area (Å²) in [5.74, 6) is -5.56. The van der Waals surface area contributed by atoms with E-state index in [2.05, 4.69) is 21.3 Å². The van der Waals surface area contributed by atoms with Crippen LogP contribution in [-0.4, -0.2) is 124 Å². The van der Waals surface area contributed by atoms with E-state index in [0.717, 1.165) is 32.9 Å². The predicted molar refractivity (Wildman–Crippen MR) is 280 cm³/mol. The first kappa shape index (κ1) is 51.3. The molecule has 0 unspecified atom stereocenters. The van der Waals surface area contributed by atoms with Gasteiger partial charge >= 0.3 is 0 Å². The molecule has 3 aliphatic rings. The van der Waals surface area contributed by atoms with Crippen molar-refractivity contribution in [2.45, 2.75) is 12.8 Å². The fraction of sp³-hybridized carbons (Fsp3) is 0.185. The molecule has 10 rings (SSSR count). The highest BCUT2D eigenvalue weighted by Crippen LogP contribution is 2.38. The summed E-state index contributed by atoms with van der Waals surface area (Å²) in [5, 5.41) is 48.7. The summed E-state index contributed by atoms with van der Waals surface area (Å²) >= 11 is 0. The van der Waals surface area contributed by atoms with Gasteiger partial charge in [0.2, 0.25) is 0 Å². The van der Waals surface area contributed by atoms with E-state index in [4.69, 9.17) is 0 Å². The number of nitrogens with one attached hydrogen (secondary N) is 4. The number of carbonyl (C=O) groups is 8. The minimum Gasteiger partial charge on any atom is -0.352 e. The van der Waals surface area contributed by atoms with Crippen molar-refractivity contribution in [3.05, 3.63) is 184 Å². The second kappa shape index (κ2) is 20.8. The van der Waals surface area contributed by atoms with Gasteiger partial charge in [-0.3, -0.25) is 78.5 Å². The van der Waals surface area contributed by atoms with Crippen molar-refractivity contribution in [2.24, 2.45) is 0 Å². The molecule has 24 heteroatoms. The number of carbonyl (C=O) groups excluding carboxylic acids is 8. The Kier molecular flexibility index (Phi) is 13.7. The number of imide groups is 3. The Morgan fingerprint density at radius 1 is 0.410 bits per heavy atom. The molecule has 3 heterocycles. The summed E-state index contributed by atoms with van der Waals surface area (Å²) in [6, 6.07) is 24.9. The summed E-state index contributed by atoms with van der Waals surface area (Å²) in [7, 11) is 0. The van der Waals surface area contributed by atoms with E-state index >= 15 is 0 Å². The van der Waals surface area contributed by atoms with E-state index in [1.165, 1.54) is 54.6 Å². The average Bonchev–Trinajstić information content (AvgIpc) is 3.59. The molecular weight excluding hydrogens is 1010 g/mol. The van der Waals surface area contributed by atoms with E-state index in [0.29, 0.717) is 28.0 Å². The number of anilines is 1. The molecule has 0 atom stereocenters. The van der Waals surface area contributed by atoms with Crippen LogP contribution >= 0.6 is 0 Å². The monoisotopic (exact) mass is 1050 g/mol. The standard InChI is InChI=1S/C54H42N10O14/c65-47(57-14-4-12-56-17-19-60-50(68)39-10-2-7-30-22-36(63(75)76)27-42(45(30)39)52(60)70)32-20-33(25-34(24-32)61-53(71)40-11-3-8-31-23-37(64(77)78)28-43(46(31)40)54(61)72)48(66)58-16-15-55-13-5-18-59-49(67)38-9-1-6-29-21-35(62(73)74)26-41(44(29)38)51(59)69/h1-3,6-11,20-28,55-56H,4-5,12-19H2,(H,57,65)(H,58,66). The highest BCUT2D eigenvalue weighted by atomic mass is 16.6. The number of nitro benzene ring substituents is 3. The lowest BCUT2D eigenvalue weighted by molar-refractivity contribution is -0.384. The number of hydrogen-bond donors (Lipinski definition) is 4. The van der Waals surface area contributed by atoms with Crippen LogP contribution in [0.3, 0.4) is 0 Å². The molecule has 0 aliphatic carbocycles. The molecule has 0 bridgehead atoms. The van der Waals surface area contributed by atoms with Crippen LogP contribution in [0.2, 0.25) is 0 Å². The van der Waals surface area contributed by atoms with Crippen LogP contribution in [-0.2, 0) is 0 Å². The molecule has 0 spiro atoms. The minimum absolute atomic E-state index is 0.0160. The summed E-state index contributed by atoms with van der Waals surface area (Å²) < 4.78 is 0. The Morgan fingerprint density at radius 3 is 1.29 bits per heavy atom. The topological polar surface area (TPSA) is 324 Å². The van der Waals surface area contributed by atoms with Gasteiger partial charge in [-0.15, -0.1) is 0 Å². The van der Waals surface area contributed by atoms with Crippen molar-refractivity contribution < 1.29 is 53.1 Å². The summed E-state index contributed by atoms with van der Waals surface area (Å²) in [6.07, 6.45) is 0.605. The lowest BCUT2D eigenvalue weighted by Gasteiger charge is -2.28. The van der Waals surface area contributed by atoms with Gasteiger partial charge in [-0.25, -0.2) is 4.90 Å². The first-order valence-corrected chi connectivity index (χ1v) is 24.4. The fourth-order valence-electron chi connectivity index (χ4n) is 10.0.